The molecule has 0 aliphatic heterocycles. The van der Waals surface area contributed by atoms with Gasteiger partial charge in [0.1, 0.15) is 0 Å². The van der Waals surface area contributed by atoms with Gasteiger partial charge in [-0.1, -0.05) is 0 Å². The summed E-state index contributed by atoms with van der Waals surface area (Å²) < 4.78 is 114. The van der Waals surface area contributed by atoms with Crippen molar-refractivity contribution < 1.29 is 51.1 Å². The number of hydrogen-bond acceptors (Lipinski definition) is 10. The molecule has 0 aromatic carbocycles. The second-order valence-electron chi connectivity index (χ2n) is 4.45. The number of hydrogen-bond donors (Lipinski definition) is 2. The van der Waals surface area contributed by atoms with Crippen molar-refractivity contribution in [3.8, 4) is 0 Å². The quantitative estimate of drug-likeness (QED) is 0.229. The molecule has 0 bridgehead atoms. The lowest BCUT2D eigenvalue weighted by atomic mass is 10.6. The third-order valence-electron chi connectivity index (χ3n) is 2.35. The first kappa shape index (κ1) is 22.6. The molecule has 0 fully saturated rings. The molecule has 0 aromatic heterocycles. The minimum Gasteiger partial charge on any atom is -0.285 e. The summed E-state index contributed by atoms with van der Waals surface area (Å²) in [6.07, 6.45) is 0. The van der Waals surface area contributed by atoms with Gasteiger partial charge in [-0.3, -0.25) is 9.11 Å². The van der Waals surface area contributed by atoms with Crippen molar-refractivity contribution in [3.63, 3.8) is 0 Å². The standard InChI is InChI=1S/C7H16O12S4/c1-6(22(12,13)14)3-20(8,9)18-5-19-21(10,11)4-7(2)23(15,16)17/h6-7H,3-5H2,1-2H3,(H,12,13,14)(H,15,16,17). The van der Waals surface area contributed by atoms with Crippen LogP contribution in [0.1, 0.15) is 13.8 Å². The van der Waals surface area contributed by atoms with Gasteiger partial charge in [0.05, 0.1) is 22.0 Å². The van der Waals surface area contributed by atoms with Gasteiger partial charge in [-0.2, -0.15) is 33.7 Å². The summed E-state index contributed by atoms with van der Waals surface area (Å²) in [7, 11) is -18.3. The van der Waals surface area contributed by atoms with E-state index in [0.717, 1.165) is 13.8 Å². The van der Waals surface area contributed by atoms with Crippen LogP contribution in [0.15, 0.2) is 0 Å². The van der Waals surface area contributed by atoms with Crippen molar-refractivity contribution in [2.75, 3.05) is 18.3 Å². The van der Waals surface area contributed by atoms with Gasteiger partial charge < -0.3 is 0 Å². The molecule has 0 aromatic rings. The van der Waals surface area contributed by atoms with E-state index in [1.54, 1.807) is 0 Å². The zero-order valence-electron chi connectivity index (χ0n) is 11.9. The Hall–Kier alpha value is -0.360. The van der Waals surface area contributed by atoms with E-state index in [-0.39, 0.29) is 0 Å². The fourth-order valence-corrected chi connectivity index (χ4v) is 5.18. The lowest BCUT2D eigenvalue weighted by molar-refractivity contribution is 0.132. The van der Waals surface area contributed by atoms with Crippen LogP contribution in [-0.4, -0.2) is 71.6 Å². The molecular weight excluding hydrogens is 404 g/mol. The van der Waals surface area contributed by atoms with Gasteiger partial charge in [0.25, 0.3) is 40.5 Å². The SMILES string of the molecule is CC(CS(=O)(=O)OCOS(=O)(=O)CC(C)S(=O)(=O)O)S(=O)(=O)O. The van der Waals surface area contributed by atoms with Crippen LogP contribution < -0.4 is 0 Å². The van der Waals surface area contributed by atoms with Crippen molar-refractivity contribution >= 4 is 40.5 Å². The first-order valence-electron chi connectivity index (χ1n) is 5.63. The van der Waals surface area contributed by atoms with E-state index in [4.69, 9.17) is 9.11 Å². The van der Waals surface area contributed by atoms with Gasteiger partial charge in [0.2, 0.25) is 0 Å². The van der Waals surface area contributed by atoms with Crippen LogP contribution >= 0.6 is 0 Å². The van der Waals surface area contributed by atoms with Gasteiger partial charge in [-0.25, -0.2) is 8.37 Å². The van der Waals surface area contributed by atoms with Crippen LogP contribution in [0.25, 0.3) is 0 Å². The lowest BCUT2D eigenvalue weighted by Gasteiger charge is -2.11. The lowest BCUT2D eigenvalue weighted by Crippen LogP contribution is -2.30. The summed E-state index contributed by atoms with van der Waals surface area (Å²) >= 11 is 0. The molecule has 0 aliphatic carbocycles. The Kier molecular flexibility index (Phi) is 7.56. The van der Waals surface area contributed by atoms with Gasteiger partial charge in [0, 0.05) is 0 Å². The third kappa shape index (κ3) is 9.50. The Morgan fingerprint density at radius 3 is 1.17 bits per heavy atom. The van der Waals surface area contributed by atoms with Gasteiger partial charge in [-0.15, -0.1) is 0 Å². The summed E-state index contributed by atoms with van der Waals surface area (Å²) in [5.41, 5.74) is 0. The fourth-order valence-electron chi connectivity index (χ4n) is 1.01. The summed E-state index contributed by atoms with van der Waals surface area (Å²) in [6.45, 7) is 0.393. The highest BCUT2D eigenvalue weighted by molar-refractivity contribution is 7.91. The zero-order valence-corrected chi connectivity index (χ0v) is 15.2. The van der Waals surface area contributed by atoms with Gasteiger partial charge >= 0.3 is 0 Å². The van der Waals surface area contributed by atoms with E-state index in [0.29, 0.717) is 0 Å². The van der Waals surface area contributed by atoms with Gasteiger partial charge in [0.15, 0.2) is 6.79 Å². The maximum Gasteiger partial charge on any atom is 0.270 e. The summed E-state index contributed by atoms with van der Waals surface area (Å²) in [5.74, 6) is -2.31. The summed E-state index contributed by atoms with van der Waals surface area (Å²) in [4.78, 5) is 0. The van der Waals surface area contributed by atoms with Crippen LogP contribution in [0.4, 0.5) is 0 Å². The van der Waals surface area contributed by atoms with Crippen molar-refractivity contribution in [2.45, 2.75) is 24.3 Å². The van der Waals surface area contributed by atoms with E-state index in [2.05, 4.69) is 8.37 Å². The average Bonchev–Trinajstić information content (AvgIpc) is 2.23. The zero-order chi connectivity index (χ0) is 18.7. The Balaban J connectivity index is 4.65. The fraction of sp³-hybridized carbons (Fsp3) is 1.00. The molecule has 2 unspecified atom stereocenters. The van der Waals surface area contributed by atoms with Crippen molar-refractivity contribution in [1.82, 2.24) is 0 Å². The van der Waals surface area contributed by atoms with E-state index in [9.17, 15) is 33.7 Å². The van der Waals surface area contributed by atoms with Crippen molar-refractivity contribution in [1.29, 1.82) is 0 Å². The molecule has 0 radical (unpaired) electrons. The summed E-state index contributed by atoms with van der Waals surface area (Å²) in [6, 6.07) is 0. The summed E-state index contributed by atoms with van der Waals surface area (Å²) in [5, 5.41) is -3.44. The highest BCUT2D eigenvalue weighted by Gasteiger charge is 2.28. The smallest absolute Gasteiger partial charge is 0.270 e. The largest absolute Gasteiger partial charge is 0.285 e. The second-order valence-corrected chi connectivity index (χ2v) is 11.5. The van der Waals surface area contributed by atoms with Gasteiger partial charge in [-0.05, 0) is 13.8 Å². The highest BCUT2D eigenvalue weighted by atomic mass is 32.2. The minimum absolute atomic E-state index is 0.877. The molecule has 0 amide bonds. The third-order valence-corrected chi connectivity index (χ3v) is 7.87. The predicted octanol–water partition coefficient (Wildman–Crippen LogP) is -1.81. The Morgan fingerprint density at radius 2 is 0.957 bits per heavy atom. The average molecular weight is 420 g/mol. The van der Waals surface area contributed by atoms with E-state index >= 15 is 0 Å². The topological polar surface area (TPSA) is 195 Å². The molecule has 16 heteroatoms. The minimum atomic E-state index is -4.63. The molecular formula is C7H16O12S4. The van der Waals surface area contributed by atoms with Crippen LogP contribution in [-0.2, 0) is 48.8 Å². The maximum absolute atomic E-state index is 11.3. The number of rotatable bonds is 10. The normalized spacial score (nSPS) is 16.9. The molecule has 140 valence electrons. The van der Waals surface area contributed by atoms with Crippen LogP contribution in [0.2, 0.25) is 0 Å². The van der Waals surface area contributed by atoms with Crippen LogP contribution in [0, 0.1) is 0 Å². The molecule has 2 atom stereocenters. The van der Waals surface area contributed by atoms with E-state index < -0.39 is 69.3 Å². The molecule has 0 saturated heterocycles. The first-order chi connectivity index (χ1) is 9.96. The van der Waals surface area contributed by atoms with E-state index in [1.807, 2.05) is 0 Å². The predicted molar refractivity (Wildman–Crippen MR) is 76.6 cm³/mol. The molecule has 0 aliphatic rings. The van der Waals surface area contributed by atoms with Crippen LogP contribution in [0.5, 0.6) is 0 Å². The van der Waals surface area contributed by atoms with Crippen molar-refractivity contribution in [3.05, 3.63) is 0 Å². The molecule has 0 saturated carbocycles. The Morgan fingerprint density at radius 1 is 0.696 bits per heavy atom. The Labute approximate surface area is 134 Å². The molecule has 0 heterocycles. The highest BCUT2D eigenvalue weighted by Crippen LogP contribution is 2.08. The van der Waals surface area contributed by atoms with Crippen molar-refractivity contribution in [2.24, 2.45) is 0 Å². The molecule has 23 heavy (non-hydrogen) atoms. The molecule has 12 nitrogen and oxygen atoms in total. The molecule has 0 spiro atoms. The monoisotopic (exact) mass is 420 g/mol. The first-order valence-corrected chi connectivity index (χ1v) is 11.8. The van der Waals surface area contributed by atoms with Crippen LogP contribution in [0.3, 0.4) is 0 Å². The molecule has 2 N–H and O–H groups in total. The second kappa shape index (κ2) is 7.68. The molecule has 0 rings (SSSR count). The maximum atomic E-state index is 11.3. The van der Waals surface area contributed by atoms with E-state index in [1.165, 1.54) is 0 Å². The Bertz CT molecular complexity index is 733.